The summed E-state index contributed by atoms with van der Waals surface area (Å²) in [6, 6.07) is 4.27. The Balaban J connectivity index is 2.50. The first kappa shape index (κ1) is 12.6. The van der Waals surface area contributed by atoms with Crippen LogP contribution in [0.25, 0.3) is 10.8 Å². The Hall–Kier alpha value is -1.85. The van der Waals surface area contributed by atoms with Crippen LogP contribution >= 0.6 is 11.6 Å². The number of aromatic amines is 1. The van der Waals surface area contributed by atoms with Crippen LogP contribution in [-0.4, -0.2) is 16.9 Å². The van der Waals surface area contributed by atoms with Gasteiger partial charge in [0.1, 0.15) is 0 Å². The van der Waals surface area contributed by atoms with Crippen molar-refractivity contribution in [2.24, 2.45) is 5.73 Å². The van der Waals surface area contributed by atoms with Gasteiger partial charge >= 0.3 is 0 Å². The highest BCUT2D eigenvalue weighted by Crippen LogP contribution is 2.26. The van der Waals surface area contributed by atoms with E-state index in [0.717, 1.165) is 0 Å². The normalized spacial score (nSPS) is 12.4. The zero-order valence-corrected chi connectivity index (χ0v) is 10.4. The third-order valence-electron chi connectivity index (χ3n) is 2.53. The minimum atomic E-state index is -0.629. The number of carbonyl (C=O) groups excluding carboxylic acids is 1. The number of hydrogen-bond acceptors (Lipinski definition) is 3. The number of fused-ring (bicyclic) bond motifs is 1. The first-order chi connectivity index (χ1) is 8.49. The Morgan fingerprint density at radius 3 is 2.89 bits per heavy atom. The van der Waals surface area contributed by atoms with E-state index in [1.807, 2.05) is 0 Å². The van der Waals surface area contributed by atoms with Crippen LogP contribution in [0.4, 0.5) is 5.69 Å². The predicted molar refractivity (Wildman–Crippen MR) is 71.9 cm³/mol. The molecule has 2 rings (SSSR count). The number of rotatable bonds is 2. The van der Waals surface area contributed by atoms with Gasteiger partial charge in [-0.1, -0.05) is 11.6 Å². The minimum Gasteiger partial charge on any atom is -0.329 e. The molecule has 0 fully saturated rings. The van der Waals surface area contributed by atoms with E-state index in [0.29, 0.717) is 21.5 Å². The van der Waals surface area contributed by atoms with Crippen molar-refractivity contribution in [1.29, 1.82) is 0 Å². The molecular weight excluding hydrogens is 254 g/mol. The highest BCUT2D eigenvalue weighted by molar-refractivity contribution is 6.34. The molecule has 0 aliphatic rings. The molecule has 0 saturated carbocycles. The van der Waals surface area contributed by atoms with Crippen LogP contribution in [0.1, 0.15) is 6.92 Å². The highest BCUT2D eigenvalue weighted by Gasteiger charge is 2.11. The first-order valence-corrected chi connectivity index (χ1v) is 5.74. The largest absolute Gasteiger partial charge is 0.329 e. The molecule has 1 atom stereocenters. The summed E-state index contributed by atoms with van der Waals surface area (Å²) in [4.78, 5) is 25.6. The third-order valence-corrected chi connectivity index (χ3v) is 2.85. The van der Waals surface area contributed by atoms with Crippen LogP contribution < -0.4 is 16.6 Å². The Labute approximate surface area is 108 Å². The van der Waals surface area contributed by atoms with Gasteiger partial charge in [0.2, 0.25) is 5.91 Å². The standard InChI is InChI=1S/C12H12ClN3O2/c1-6(14)11(17)16-10-4-7-2-3-15-12(18)8(7)5-9(10)13/h2-6H,14H2,1H3,(H,15,18)(H,16,17). The molecule has 0 spiro atoms. The van der Waals surface area contributed by atoms with Crippen molar-refractivity contribution in [3.05, 3.63) is 39.8 Å². The number of anilines is 1. The molecule has 1 unspecified atom stereocenters. The molecule has 0 radical (unpaired) electrons. The van der Waals surface area contributed by atoms with Crippen LogP contribution in [0, 0.1) is 0 Å². The van der Waals surface area contributed by atoms with Crippen molar-refractivity contribution in [3.63, 3.8) is 0 Å². The molecule has 1 aromatic carbocycles. The number of pyridine rings is 1. The zero-order chi connectivity index (χ0) is 13.3. The minimum absolute atomic E-state index is 0.223. The van der Waals surface area contributed by atoms with E-state index in [2.05, 4.69) is 10.3 Å². The molecule has 0 bridgehead atoms. The van der Waals surface area contributed by atoms with Gasteiger partial charge in [-0.3, -0.25) is 9.59 Å². The molecule has 5 nitrogen and oxygen atoms in total. The van der Waals surface area contributed by atoms with Gasteiger partial charge < -0.3 is 16.0 Å². The molecular formula is C12H12ClN3O2. The van der Waals surface area contributed by atoms with Gasteiger partial charge in [-0.15, -0.1) is 0 Å². The molecule has 0 aliphatic heterocycles. The summed E-state index contributed by atoms with van der Waals surface area (Å²) in [5, 5.41) is 4.08. The number of halogens is 1. The second-order valence-electron chi connectivity index (χ2n) is 4.00. The molecule has 6 heteroatoms. The van der Waals surface area contributed by atoms with Gasteiger partial charge in [0.05, 0.1) is 16.8 Å². The molecule has 18 heavy (non-hydrogen) atoms. The second kappa shape index (κ2) is 4.80. The summed E-state index contributed by atoms with van der Waals surface area (Å²) in [6.45, 7) is 1.58. The summed E-state index contributed by atoms with van der Waals surface area (Å²) in [6.07, 6.45) is 1.54. The summed E-state index contributed by atoms with van der Waals surface area (Å²) in [7, 11) is 0. The van der Waals surface area contributed by atoms with E-state index in [1.54, 1.807) is 19.1 Å². The number of carbonyl (C=O) groups is 1. The van der Waals surface area contributed by atoms with Crippen molar-refractivity contribution >= 4 is 34.0 Å². The van der Waals surface area contributed by atoms with Crippen molar-refractivity contribution in [3.8, 4) is 0 Å². The number of hydrogen-bond donors (Lipinski definition) is 3. The van der Waals surface area contributed by atoms with Crippen molar-refractivity contribution in [2.45, 2.75) is 13.0 Å². The van der Waals surface area contributed by atoms with Gasteiger partial charge in [-0.2, -0.15) is 0 Å². The summed E-state index contributed by atoms with van der Waals surface area (Å²) in [5.74, 6) is -0.332. The number of benzene rings is 1. The number of nitrogens with two attached hydrogens (primary N) is 1. The van der Waals surface area contributed by atoms with Crippen LogP contribution in [0.2, 0.25) is 5.02 Å². The van der Waals surface area contributed by atoms with Gasteiger partial charge in [-0.25, -0.2) is 0 Å². The van der Waals surface area contributed by atoms with E-state index < -0.39 is 6.04 Å². The molecule has 94 valence electrons. The highest BCUT2D eigenvalue weighted by atomic mass is 35.5. The third kappa shape index (κ3) is 2.37. The fraction of sp³-hybridized carbons (Fsp3) is 0.167. The molecule has 1 aromatic heterocycles. The lowest BCUT2D eigenvalue weighted by molar-refractivity contribution is -0.117. The predicted octanol–water partition coefficient (Wildman–Crippen LogP) is 1.47. The fourth-order valence-electron chi connectivity index (χ4n) is 1.55. The van der Waals surface area contributed by atoms with Crippen molar-refractivity contribution in [2.75, 3.05) is 5.32 Å². The summed E-state index contributed by atoms with van der Waals surface area (Å²) >= 11 is 6.02. The lowest BCUT2D eigenvalue weighted by atomic mass is 10.1. The van der Waals surface area contributed by atoms with Crippen molar-refractivity contribution in [1.82, 2.24) is 4.98 Å². The van der Waals surface area contributed by atoms with Crippen molar-refractivity contribution < 1.29 is 4.79 Å². The van der Waals surface area contributed by atoms with Gasteiger partial charge in [0.25, 0.3) is 5.56 Å². The monoisotopic (exact) mass is 265 g/mol. The maximum atomic E-state index is 11.6. The quantitative estimate of drug-likeness (QED) is 0.768. The van der Waals surface area contributed by atoms with Crippen LogP contribution in [0.15, 0.2) is 29.2 Å². The molecule has 0 aliphatic carbocycles. The van der Waals surface area contributed by atoms with E-state index >= 15 is 0 Å². The van der Waals surface area contributed by atoms with Crippen LogP contribution in [-0.2, 0) is 4.79 Å². The first-order valence-electron chi connectivity index (χ1n) is 5.36. The maximum absolute atomic E-state index is 11.6. The summed E-state index contributed by atoms with van der Waals surface area (Å²) in [5.41, 5.74) is 5.68. The zero-order valence-electron chi connectivity index (χ0n) is 9.66. The molecule has 0 saturated heterocycles. The van der Waals surface area contributed by atoms with E-state index in [4.69, 9.17) is 17.3 Å². The van der Waals surface area contributed by atoms with E-state index in [1.165, 1.54) is 12.3 Å². The lowest BCUT2D eigenvalue weighted by Gasteiger charge is -2.10. The van der Waals surface area contributed by atoms with E-state index in [-0.39, 0.29) is 11.5 Å². The van der Waals surface area contributed by atoms with Gasteiger partial charge in [-0.05, 0) is 30.5 Å². The second-order valence-corrected chi connectivity index (χ2v) is 4.41. The van der Waals surface area contributed by atoms with Crippen LogP contribution in [0.3, 0.4) is 0 Å². The Morgan fingerprint density at radius 2 is 2.22 bits per heavy atom. The van der Waals surface area contributed by atoms with Gasteiger partial charge in [0.15, 0.2) is 0 Å². The Bertz CT molecular complexity index is 664. The number of aromatic nitrogens is 1. The molecule has 2 aromatic rings. The number of amides is 1. The smallest absolute Gasteiger partial charge is 0.255 e. The number of nitrogens with one attached hydrogen (secondary N) is 2. The molecule has 4 N–H and O–H groups in total. The summed E-state index contributed by atoms with van der Waals surface area (Å²) < 4.78 is 0. The maximum Gasteiger partial charge on any atom is 0.255 e. The van der Waals surface area contributed by atoms with Gasteiger partial charge in [0, 0.05) is 11.6 Å². The molecule has 1 amide bonds. The fourth-order valence-corrected chi connectivity index (χ4v) is 1.76. The Morgan fingerprint density at radius 1 is 1.50 bits per heavy atom. The van der Waals surface area contributed by atoms with Crippen LogP contribution in [0.5, 0.6) is 0 Å². The SMILES string of the molecule is CC(N)C(=O)Nc1cc2cc[nH]c(=O)c2cc1Cl. The molecule has 1 heterocycles. The average molecular weight is 266 g/mol. The Kier molecular flexibility index (Phi) is 3.36. The van der Waals surface area contributed by atoms with E-state index in [9.17, 15) is 9.59 Å². The average Bonchev–Trinajstić information content (AvgIpc) is 2.31. The topological polar surface area (TPSA) is 88.0 Å². The lowest BCUT2D eigenvalue weighted by Crippen LogP contribution is -2.32. The number of H-pyrrole nitrogens is 1.